The molecular weight excluding hydrogens is 268 g/mol. The molecule has 2 heterocycles. The zero-order valence-corrected chi connectivity index (χ0v) is 11.5. The van der Waals surface area contributed by atoms with Crippen molar-refractivity contribution in [1.29, 1.82) is 0 Å². The van der Waals surface area contributed by atoms with Crippen LogP contribution in [-0.4, -0.2) is 31.0 Å². The fourth-order valence-corrected chi connectivity index (χ4v) is 2.83. The summed E-state index contributed by atoms with van der Waals surface area (Å²) in [7, 11) is 0. The van der Waals surface area contributed by atoms with Crippen LogP contribution < -0.4 is 0 Å². The van der Waals surface area contributed by atoms with Gasteiger partial charge in [0.15, 0.2) is 0 Å². The number of fused-ring (bicyclic) bond motifs is 3. The van der Waals surface area contributed by atoms with E-state index in [0.29, 0.717) is 19.8 Å². The molecule has 0 bridgehead atoms. The fraction of sp³-hybridized carbons (Fsp3) is 0.294. The highest BCUT2D eigenvalue weighted by Crippen LogP contribution is 2.31. The van der Waals surface area contributed by atoms with E-state index in [1.807, 2.05) is 42.5 Å². The van der Waals surface area contributed by atoms with Crippen LogP contribution >= 0.6 is 0 Å². The summed E-state index contributed by atoms with van der Waals surface area (Å²) in [6.45, 7) is 1.54. The van der Waals surface area contributed by atoms with Crippen molar-refractivity contribution < 1.29 is 19.0 Å². The van der Waals surface area contributed by atoms with Crippen LogP contribution in [-0.2, 0) is 9.47 Å². The summed E-state index contributed by atoms with van der Waals surface area (Å²) in [6, 6.07) is 13.7. The van der Waals surface area contributed by atoms with Crippen LogP contribution in [0.2, 0.25) is 0 Å². The highest BCUT2D eigenvalue weighted by atomic mass is 16.6. The Morgan fingerprint density at radius 3 is 2.71 bits per heavy atom. The number of aliphatic hydroxyl groups excluding tert-OH is 1. The van der Waals surface area contributed by atoms with E-state index in [4.69, 9.17) is 13.9 Å². The second-order valence-corrected chi connectivity index (χ2v) is 5.28. The minimum Gasteiger partial charge on any atom is -0.456 e. The predicted molar refractivity (Wildman–Crippen MR) is 79.2 cm³/mol. The zero-order chi connectivity index (χ0) is 14.2. The maximum absolute atomic E-state index is 10.5. The van der Waals surface area contributed by atoms with Gasteiger partial charge in [0.25, 0.3) is 0 Å². The molecule has 4 heteroatoms. The number of furan rings is 1. The minimum atomic E-state index is -0.691. The van der Waals surface area contributed by atoms with E-state index in [1.54, 1.807) is 0 Å². The van der Waals surface area contributed by atoms with E-state index in [1.165, 1.54) is 0 Å². The van der Waals surface area contributed by atoms with Crippen LogP contribution in [0.25, 0.3) is 21.9 Å². The molecule has 108 valence electrons. The van der Waals surface area contributed by atoms with Crippen molar-refractivity contribution in [3.8, 4) is 0 Å². The van der Waals surface area contributed by atoms with Gasteiger partial charge in [0.1, 0.15) is 23.4 Å². The molecule has 1 saturated heterocycles. The lowest BCUT2D eigenvalue weighted by atomic mass is 10.0. The molecule has 3 aromatic rings. The second-order valence-electron chi connectivity index (χ2n) is 5.28. The van der Waals surface area contributed by atoms with Crippen LogP contribution in [0.4, 0.5) is 0 Å². The van der Waals surface area contributed by atoms with Crippen molar-refractivity contribution >= 4 is 21.9 Å². The van der Waals surface area contributed by atoms with Gasteiger partial charge in [0.05, 0.1) is 19.8 Å². The standard InChI is InChI=1S/C17H16O4/c18-17(16-10-19-7-8-20-16)11-5-6-15-13(9-11)12-3-1-2-4-14(12)21-15/h1-6,9,16-18H,7-8,10H2. The Morgan fingerprint density at radius 2 is 1.86 bits per heavy atom. The quantitative estimate of drug-likeness (QED) is 0.786. The summed E-state index contributed by atoms with van der Waals surface area (Å²) in [6.07, 6.45) is -1.00. The molecule has 0 spiro atoms. The molecule has 4 rings (SSSR count). The van der Waals surface area contributed by atoms with Crippen LogP contribution in [0.15, 0.2) is 46.9 Å². The lowest BCUT2D eigenvalue weighted by molar-refractivity contribution is -0.133. The highest BCUT2D eigenvalue weighted by molar-refractivity contribution is 6.04. The highest BCUT2D eigenvalue weighted by Gasteiger charge is 2.25. The molecule has 1 fully saturated rings. The van der Waals surface area contributed by atoms with E-state index < -0.39 is 6.10 Å². The molecule has 0 aliphatic carbocycles. The van der Waals surface area contributed by atoms with Crippen molar-refractivity contribution in [3.05, 3.63) is 48.0 Å². The first-order valence-corrected chi connectivity index (χ1v) is 7.11. The lowest BCUT2D eigenvalue weighted by Crippen LogP contribution is -2.33. The Balaban J connectivity index is 1.76. The maximum Gasteiger partial charge on any atom is 0.135 e. The van der Waals surface area contributed by atoms with Crippen LogP contribution in [0.5, 0.6) is 0 Å². The molecule has 4 nitrogen and oxygen atoms in total. The van der Waals surface area contributed by atoms with Crippen LogP contribution in [0.3, 0.4) is 0 Å². The molecule has 1 aromatic heterocycles. The molecule has 1 aliphatic heterocycles. The summed E-state index contributed by atoms with van der Waals surface area (Å²) in [5.74, 6) is 0. The number of para-hydroxylation sites is 1. The third kappa shape index (κ3) is 2.21. The Hall–Kier alpha value is -1.88. The van der Waals surface area contributed by atoms with Gasteiger partial charge >= 0.3 is 0 Å². The third-order valence-electron chi connectivity index (χ3n) is 3.94. The SMILES string of the molecule is OC(c1ccc2oc3ccccc3c2c1)C1COCCO1. The molecule has 2 unspecified atom stereocenters. The van der Waals surface area contributed by atoms with Gasteiger partial charge in [-0.25, -0.2) is 0 Å². The van der Waals surface area contributed by atoms with Gasteiger partial charge < -0.3 is 19.0 Å². The summed E-state index contributed by atoms with van der Waals surface area (Å²) < 4.78 is 16.7. The largest absolute Gasteiger partial charge is 0.456 e. The number of benzene rings is 2. The van der Waals surface area contributed by atoms with Gasteiger partial charge in [0, 0.05) is 10.8 Å². The van der Waals surface area contributed by atoms with E-state index in [-0.39, 0.29) is 6.10 Å². The molecule has 1 aliphatic rings. The minimum absolute atomic E-state index is 0.311. The maximum atomic E-state index is 10.5. The first-order valence-electron chi connectivity index (χ1n) is 7.11. The third-order valence-corrected chi connectivity index (χ3v) is 3.94. The first-order chi connectivity index (χ1) is 10.3. The van der Waals surface area contributed by atoms with Crippen molar-refractivity contribution in [2.75, 3.05) is 19.8 Å². The van der Waals surface area contributed by atoms with Crippen molar-refractivity contribution in [2.24, 2.45) is 0 Å². The van der Waals surface area contributed by atoms with Crippen LogP contribution in [0.1, 0.15) is 11.7 Å². The number of rotatable bonds is 2. The molecular formula is C17H16O4. The van der Waals surface area contributed by atoms with Gasteiger partial charge in [-0.1, -0.05) is 24.3 Å². The summed E-state index contributed by atoms with van der Waals surface area (Å²) >= 11 is 0. The zero-order valence-electron chi connectivity index (χ0n) is 11.5. The number of hydrogen-bond donors (Lipinski definition) is 1. The Labute approximate surface area is 121 Å². The Morgan fingerprint density at radius 1 is 1.00 bits per heavy atom. The van der Waals surface area contributed by atoms with E-state index in [2.05, 4.69) is 0 Å². The number of ether oxygens (including phenoxy) is 2. The van der Waals surface area contributed by atoms with Gasteiger partial charge in [-0.05, 0) is 23.8 Å². The normalized spacial score (nSPS) is 20.9. The van der Waals surface area contributed by atoms with E-state index >= 15 is 0 Å². The monoisotopic (exact) mass is 284 g/mol. The first kappa shape index (κ1) is 12.8. The Kier molecular flexibility index (Phi) is 3.15. The fourth-order valence-electron chi connectivity index (χ4n) is 2.83. The molecule has 0 amide bonds. The average Bonchev–Trinajstić information content (AvgIpc) is 2.93. The smallest absolute Gasteiger partial charge is 0.135 e. The Bertz CT molecular complexity index is 771. The summed E-state index contributed by atoms with van der Waals surface area (Å²) in [5.41, 5.74) is 2.51. The lowest BCUT2D eigenvalue weighted by Gasteiger charge is -2.27. The molecule has 1 N–H and O–H groups in total. The topological polar surface area (TPSA) is 51.8 Å². The molecule has 0 radical (unpaired) electrons. The van der Waals surface area contributed by atoms with E-state index in [0.717, 1.165) is 27.5 Å². The summed E-state index contributed by atoms with van der Waals surface area (Å²) in [4.78, 5) is 0. The van der Waals surface area contributed by atoms with Crippen molar-refractivity contribution in [1.82, 2.24) is 0 Å². The summed E-state index contributed by atoms with van der Waals surface area (Å²) in [5, 5.41) is 12.5. The van der Waals surface area contributed by atoms with Crippen LogP contribution in [0, 0.1) is 0 Å². The van der Waals surface area contributed by atoms with Crippen molar-refractivity contribution in [3.63, 3.8) is 0 Å². The van der Waals surface area contributed by atoms with Gasteiger partial charge in [-0.3, -0.25) is 0 Å². The van der Waals surface area contributed by atoms with Crippen molar-refractivity contribution in [2.45, 2.75) is 12.2 Å². The predicted octanol–water partition coefficient (Wildman–Crippen LogP) is 3.03. The van der Waals surface area contributed by atoms with E-state index in [9.17, 15) is 5.11 Å². The van der Waals surface area contributed by atoms with Gasteiger partial charge in [-0.2, -0.15) is 0 Å². The van der Waals surface area contributed by atoms with Gasteiger partial charge in [0.2, 0.25) is 0 Å². The average molecular weight is 284 g/mol. The molecule has 2 atom stereocenters. The molecule has 21 heavy (non-hydrogen) atoms. The molecule has 0 saturated carbocycles. The number of hydrogen-bond acceptors (Lipinski definition) is 4. The van der Waals surface area contributed by atoms with Gasteiger partial charge in [-0.15, -0.1) is 0 Å². The second kappa shape index (κ2) is 5.15. The number of aliphatic hydroxyl groups is 1. The molecule has 2 aromatic carbocycles.